The third kappa shape index (κ3) is 3.97. The SMILES string of the molecule is Cc1cc(C)cc(N2C(=O)C(c3ccc(C)cc3C)=C(N(C)C3CCN(C)CC3)C2=O)c1. The monoisotopic (exact) mass is 431 g/mol. The van der Waals surface area contributed by atoms with Crippen LogP contribution < -0.4 is 4.90 Å². The van der Waals surface area contributed by atoms with Gasteiger partial charge in [0.25, 0.3) is 11.8 Å². The van der Waals surface area contributed by atoms with Crippen molar-refractivity contribution in [3.05, 3.63) is 69.9 Å². The molecule has 0 radical (unpaired) electrons. The molecular formula is C27H33N3O2. The van der Waals surface area contributed by atoms with Gasteiger partial charge in [-0.3, -0.25) is 9.59 Å². The summed E-state index contributed by atoms with van der Waals surface area (Å²) >= 11 is 0. The molecule has 2 aromatic rings. The number of carbonyl (C=O) groups excluding carboxylic acids is 2. The molecule has 1 saturated heterocycles. The van der Waals surface area contributed by atoms with Crippen LogP contribution >= 0.6 is 0 Å². The smallest absolute Gasteiger partial charge is 0.282 e. The number of carbonyl (C=O) groups is 2. The zero-order valence-electron chi connectivity index (χ0n) is 20.0. The number of nitrogens with zero attached hydrogens (tertiary/aromatic N) is 3. The van der Waals surface area contributed by atoms with Crippen LogP contribution in [0.25, 0.3) is 5.57 Å². The van der Waals surface area contributed by atoms with Crippen LogP contribution in [0.5, 0.6) is 0 Å². The fourth-order valence-corrected chi connectivity index (χ4v) is 5.06. The largest absolute Gasteiger partial charge is 0.366 e. The summed E-state index contributed by atoms with van der Waals surface area (Å²) < 4.78 is 0. The Morgan fingerprint density at radius 2 is 1.47 bits per heavy atom. The quantitative estimate of drug-likeness (QED) is 0.680. The molecule has 2 amide bonds. The van der Waals surface area contributed by atoms with Gasteiger partial charge in [0.2, 0.25) is 0 Å². The normalized spacial score (nSPS) is 18.1. The summed E-state index contributed by atoms with van der Waals surface area (Å²) in [5.41, 5.74) is 6.75. The van der Waals surface area contributed by atoms with E-state index in [1.54, 1.807) is 0 Å². The van der Waals surface area contributed by atoms with Crippen molar-refractivity contribution in [2.24, 2.45) is 0 Å². The van der Waals surface area contributed by atoms with Crippen LogP contribution in [0.15, 0.2) is 42.1 Å². The maximum Gasteiger partial charge on any atom is 0.282 e. The maximum atomic E-state index is 13.8. The minimum absolute atomic E-state index is 0.226. The number of hydrogen-bond acceptors (Lipinski definition) is 4. The summed E-state index contributed by atoms with van der Waals surface area (Å²) in [5.74, 6) is -0.460. The van der Waals surface area contributed by atoms with Gasteiger partial charge in [-0.1, -0.05) is 29.8 Å². The minimum atomic E-state index is -0.235. The average molecular weight is 432 g/mol. The van der Waals surface area contributed by atoms with Crippen molar-refractivity contribution in [3.63, 3.8) is 0 Å². The van der Waals surface area contributed by atoms with Gasteiger partial charge in [-0.2, -0.15) is 0 Å². The Balaban J connectivity index is 1.84. The first-order valence-electron chi connectivity index (χ1n) is 11.4. The standard InChI is InChI=1S/C27H33N3O2/c1-17-7-8-23(20(4)14-17)24-25(29(6)21-9-11-28(5)12-10-21)27(32)30(26(24)31)22-15-18(2)13-19(3)16-22/h7-8,13-16,21H,9-12H2,1-6H3. The van der Waals surface area contributed by atoms with Gasteiger partial charge in [-0.15, -0.1) is 0 Å². The molecular weight excluding hydrogens is 398 g/mol. The highest BCUT2D eigenvalue weighted by atomic mass is 16.2. The van der Waals surface area contributed by atoms with E-state index in [4.69, 9.17) is 0 Å². The Morgan fingerprint density at radius 1 is 0.844 bits per heavy atom. The fraction of sp³-hybridized carbons (Fsp3) is 0.407. The number of likely N-dealkylation sites (tertiary alicyclic amines) is 1. The molecule has 2 aromatic carbocycles. The first-order valence-corrected chi connectivity index (χ1v) is 11.4. The molecule has 1 fully saturated rings. The van der Waals surface area contributed by atoms with Gasteiger partial charge >= 0.3 is 0 Å². The molecule has 0 bridgehead atoms. The van der Waals surface area contributed by atoms with Crippen molar-refractivity contribution in [2.45, 2.75) is 46.6 Å². The zero-order chi connectivity index (χ0) is 23.2. The lowest BCUT2D eigenvalue weighted by atomic mass is 9.96. The van der Waals surface area contributed by atoms with Crippen molar-refractivity contribution < 1.29 is 9.59 Å². The van der Waals surface area contributed by atoms with Gasteiger partial charge in [0.1, 0.15) is 5.70 Å². The van der Waals surface area contributed by atoms with E-state index in [9.17, 15) is 9.59 Å². The number of amides is 2. The molecule has 5 nitrogen and oxygen atoms in total. The molecule has 168 valence electrons. The number of piperidine rings is 1. The van der Waals surface area contributed by atoms with Crippen LogP contribution in [-0.2, 0) is 9.59 Å². The number of anilines is 1. The van der Waals surface area contributed by atoms with E-state index < -0.39 is 0 Å². The third-order valence-electron chi connectivity index (χ3n) is 6.76. The third-order valence-corrected chi connectivity index (χ3v) is 6.76. The molecule has 2 aliphatic rings. The highest BCUT2D eigenvalue weighted by molar-refractivity contribution is 6.45. The molecule has 0 aromatic heterocycles. The molecule has 32 heavy (non-hydrogen) atoms. The second-order valence-electron chi connectivity index (χ2n) is 9.48. The van der Waals surface area contributed by atoms with E-state index in [1.165, 1.54) is 4.90 Å². The van der Waals surface area contributed by atoms with Crippen LogP contribution in [-0.4, -0.2) is 54.8 Å². The first-order chi connectivity index (χ1) is 15.2. The summed E-state index contributed by atoms with van der Waals surface area (Å²) in [6, 6.07) is 12.2. The van der Waals surface area contributed by atoms with E-state index in [0.717, 1.165) is 53.7 Å². The maximum absolute atomic E-state index is 13.8. The predicted molar refractivity (Wildman–Crippen MR) is 130 cm³/mol. The van der Waals surface area contributed by atoms with Crippen LogP contribution in [0, 0.1) is 27.7 Å². The summed E-state index contributed by atoms with van der Waals surface area (Å²) in [7, 11) is 4.10. The Morgan fingerprint density at radius 3 is 2.06 bits per heavy atom. The molecule has 0 N–H and O–H groups in total. The molecule has 0 saturated carbocycles. The molecule has 5 heteroatoms. The number of rotatable bonds is 4. The number of imide groups is 1. The second-order valence-corrected chi connectivity index (χ2v) is 9.48. The van der Waals surface area contributed by atoms with Crippen molar-refractivity contribution in [1.29, 1.82) is 0 Å². The zero-order valence-corrected chi connectivity index (χ0v) is 20.0. The molecule has 0 aliphatic carbocycles. The Hall–Kier alpha value is -2.92. The van der Waals surface area contributed by atoms with Gasteiger partial charge in [-0.25, -0.2) is 4.90 Å². The predicted octanol–water partition coefficient (Wildman–Crippen LogP) is 4.23. The highest BCUT2D eigenvalue weighted by Crippen LogP contribution is 2.37. The van der Waals surface area contributed by atoms with Crippen LogP contribution in [0.1, 0.15) is 40.7 Å². The van der Waals surface area contributed by atoms with Crippen LogP contribution in [0.2, 0.25) is 0 Å². The highest BCUT2D eigenvalue weighted by Gasteiger charge is 2.43. The number of likely N-dealkylation sites (N-methyl/N-ethyl adjacent to an activating group) is 1. The van der Waals surface area contributed by atoms with E-state index >= 15 is 0 Å². The molecule has 2 heterocycles. The molecule has 4 rings (SSSR count). The van der Waals surface area contributed by atoms with Crippen molar-refractivity contribution >= 4 is 23.1 Å². The van der Waals surface area contributed by atoms with Gasteiger partial charge in [-0.05, 0) is 95.1 Å². The van der Waals surface area contributed by atoms with Gasteiger partial charge in [0, 0.05) is 13.1 Å². The summed E-state index contributed by atoms with van der Waals surface area (Å²) in [5, 5.41) is 0. The molecule has 0 unspecified atom stereocenters. The lowest BCUT2D eigenvalue weighted by Crippen LogP contribution is -2.43. The topological polar surface area (TPSA) is 43.9 Å². The summed E-state index contributed by atoms with van der Waals surface area (Å²) in [6.45, 7) is 10.0. The second kappa shape index (κ2) is 8.55. The molecule has 0 atom stereocenters. The van der Waals surface area contributed by atoms with Crippen molar-refractivity contribution in [2.75, 3.05) is 32.1 Å². The average Bonchev–Trinajstić information content (AvgIpc) is 2.97. The van der Waals surface area contributed by atoms with E-state index in [-0.39, 0.29) is 17.9 Å². The van der Waals surface area contributed by atoms with E-state index in [2.05, 4.69) is 29.0 Å². The van der Waals surface area contributed by atoms with Crippen molar-refractivity contribution in [1.82, 2.24) is 9.80 Å². The first kappa shape index (κ1) is 22.3. The van der Waals surface area contributed by atoms with Gasteiger partial charge in [0.15, 0.2) is 0 Å². The molecule has 2 aliphatic heterocycles. The van der Waals surface area contributed by atoms with Crippen LogP contribution in [0.3, 0.4) is 0 Å². The van der Waals surface area contributed by atoms with Gasteiger partial charge in [0.05, 0.1) is 11.3 Å². The van der Waals surface area contributed by atoms with E-state index in [0.29, 0.717) is 17.0 Å². The fourth-order valence-electron chi connectivity index (χ4n) is 5.06. The number of benzene rings is 2. The van der Waals surface area contributed by atoms with E-state index in [1.807, 2.05) is 59.0 Å². The Kier molecular flexibility index (Phi) is 5.95. The number of hydrogen-bond donors (Lipinski definition) is 0. The lowest BCUT2D eigenvalue weighted by Gasteiger charge is -2.36. The van der Waals surface area contributed by atoms with Crippen molar-refractivity contribution in [3.8, 4) is 0 Å². The Labute approximate surface area is 191 Å². The molecule has 0 spiro atoms. The van der Waals surface area contributed by atoms with Gasteiger partial charge < -0.3 is 9.80 Å². The Bertz CT molecular complexity index is 1090. The number of aryl methyl sites for hydroxylation is 4. The van der Waals surface area contributed by atoms with Crippen LogP contribution in [0.4, 0.5) is 5.69 Å². The summed E-state index contributed by atoms with van der Waals surface area (Å²) in [6.07, 6.45) is 1.95. The minimum Gasteiger partial charge on any atom is -0.366 e. The summed E-state index contributed by atoms with van der Waals surface area (Å²) in [4.78, 5) is 33.4. The lowest BCUT2D eigenvalue weighted by molar-refractivity contribution is -0.120.